The summed E-state index contributed by atoms with van der Waals surface area (Å²) in [5.74, 6) is 1.34. The van der Waals surface area contributed by atoms with Gasteiger partial charge in [-0.05, 0) is 17.2 Å². The van der Waals surface area contributed by atoms with Crippen molar-refractivity contribution in [1.29, 1.82) is 0 Å². The fraction of sp³-hybridized carbons (Fsp3) is 0.211. The van der Waals surface area contributed by atoms with Crippen LogP contribution in [-0.4, -0.2) is 5.78 Å². The third-order valence-electron chi connectivity index (χ3n) is 4.42. The minimum Gasteiger partial charge on any atom is -0.243 e. The van der Waals surface area contributed by atoms with Crippen molar-refractivity contribution in [3.05, 3.63) is 77.9 Å². The molecule has 1 nitrogen and oxygen atoms in total. The van der Waals surface area contributed by atoms with Crippen LogP contribution in [0.3, 0.4) is 0 Å². The van der Waals surface area contributed by atoms with Gasteiger partial charge in [0.1, 0.15) is 5.92 Å². The maximum absolute atomic E-state index is 6.40. The molecule has 1 aliphatic heterocycles. The summed E-state index contributed by atoms with van der Waals surface area (Å²) in [6.45, 7) is 2.14. The molecule has 0 radical (unpaired) electrons. The van der Waals surface area contributed by atoms with E-state index in [4.69, 9.17) is 4.42 Å². The van der Waals surface area contributed by atoms with Gasteiger partial charge in [-0.15, -0.1) is 0 Å². The predicted molar refractivity (Wildman–Crippen MR) is 82.3 cm³/mol. The first-order chi connectivity index (χ1) is 9.85. The Hall–Kier alpha value is -2.15. The standard InChI is InChI=1S/C19H17O/c1-2-14-12-13-19(20-14)17-10-5-3-4-8-15(17)16-9-6-7-11-18(16)19/h3-13,17H,2H2,1H3/q+1. The number of hydrogen-bond donors (Lipinski definition) is 0. The van der Waals surface area contributed by atoms with Crippen molar-refractivity contribution in [1.82, 2.24) is 0 Å². The van der Waals surface area contributed by atoms with Crippen LogP contribution in [0.25, 0.3) is 5.57 Å². The summed E-state index contributed by atoms with van der Waals surface area (Å²) in [6.07, 6.45) is 16.1. The van der Waals surface area contributed by atoms with Crippen LogP contribution >= 0.6 is 0 Å². The molecule has 20 heavy (non-hydrogen) atoms. The third kappa shape index (κ3) is 1.41. The van der Waals surface area contributed by atoms with E-state index in [2.05, 4.69) is 73.7 Å². The largest absolute Gasteiger partial charge is 0.335 e. The van der Waals surface area contributed by atoms with Crippen molar-refractivity contribution in [2.24, 2.45) is 5.92 Å². The van der Waals surface area contributed by atoms with E-state index in [0.717, 1.165) is 12.2 Å². The van der Waals surface area contributed by atoms with E-state index in [1.165, 1.54) is 16.7 Å². The second kappa shape index (κ2) is 4.17. The van der Waals surface area contributed by atoms with Crippen molar-refractivity contribution in [3.63, 3.8) is 0 Å². The lowest BCUT2D eigenvalue weighted by Gasteiger charge is -2.15. The van der Waals surface area contributed by atoms with E-state index in [1.54, 1.807) is 0 Å². The SMILES string of the molecule is CCC1=[O+]C2(C=C1)c1ccccc1C1=CC=CC=CC12. The van der Waals surface area contributed by atoms with Crippen molar-refractivity contribution in [2.45, 2.75) is 18.9 Å². The topological polar surface area (TPSA) is 11.3 Å². The summed E-state index contributed by atoms with van der Waals surface area (Å²) in [4.78, 5) is 0. The molecule has 3 aliphatic rings. The molecule has 2 atom stereocenters. The van der Waals surface area contributed by atoms with Crippen molar-refractivity contribution in [2.75, 3.05) is 0 Å². The van der Waals surface area contributed by atoms with Gasteiger partial charge in [-0.1, -0.05) is 55.5 Å². The van der Waals surface area contributed by atoms with Gasteiger partial charge >= 0.3 is 11.4 Å². The molecule has 0 amide bonds. The van der Waals surface area contributed by atoms with Crippen LogP contribution < -0.4 is 0 Å². The van der Waals surface area contributed by atoms with E-state index >= 15 is 0 Å². The molecule has 1 aromatic carbocycles. The number of fused-ring (bicyclic) bond motifs is 5. The Morgan fingerprint density at radius 2 is 2.05 bits per heavy atom. The van der Waals surface area contributed by atoms with Crippen LogP contribution in [0.1, 0.15) is 24.5 Å². The first-order valence-electron chi connectivity index (χ1n) is 7.24. The maximum atomic E-state index is 6.40. The zero-order valence-electron chi connectivity index (χ0n) is 11.5. The quantitative estimate of drug-likeness (QED) is 0.674. The fourth-order valence-electron chi connectivity index (χ4n) is 3.48. The van der Waals surface area contributed by atoms with Gasteiger partial charge in [0.25, 0.3) is 0 Å². The van der Waals surface area contributed by atoms with Crippen LogP contribution in [0.4, 0.5) is 0 Å². The first-order valence-corrected chi connectivity index (χ1v) is 7.24. The van der Waals surface area contributed by atoms with Crippen LogP contribution in [0, 0.1) is 5.92 Å². The molecular formula is C19H17O+. The highest BCUT2D eigenvalue weighted by Gasteiger charge is 2.58. The second-order valence-corrected chi connectivity index (χ2v) is 5.46. The Kier molecular flexibility index (Phi) is 2.43. The monoisotopic (exact) mass is 261 g/mol. The molecule has 0 saturated carbocycles. The summed E-state index contributed by atoms with van der Waals surface area (Å²) >= 11 is 0. The third-order valence-corrected chi connectivity index (χ3v) is 4.42. The van der Waals surface area contributed by atoms with E-state index in [1.807, 2.05) is 0 Å². The molecule has 2 aliphatic carbocycles. The van der Waals surface area contributed by atoms with E-state index < -0.39 is 0 Å². The van der Waals surface area contributed by atoms with Gasteiger partial charge in [0.05, 0.1) is 12.0 Å². The fourth-order valence-corrected chi connectivity index (χ4v) is 3.48. The Labute approximate surface area is 119 Å². The summed E-state index contributed by atoms with van der Waals surface area (Å²) in [5.41, 5.74) is 3.62. The summed E-state index contributed by atoms with van der Waals surface area (Å²) in [5, 5.41) is 0. The molecule has 98 valence electrons. The Morgan fingerprint density at radius 3 is 2.90 bits per heavy atom. The Morgan fingerprint density at radius 1 is 1.15 bits per heavy atom. The number of allylic oxidation sites excluding steroid dienone is 5. The molecule has 1 aromatic rings. The van der Waals surface area contributed by atoms with E-state index in [0.29, 0.717) is 0 Å². The van der Waals surface area contributed by atoms with Gasteiger partial charge in [-0.2, -0.15) is 0 Å². The average molecular weight is 261 g/mol. The zero-order valence-corrected chi connectivity index (χ0v) is 11.5. The molecule has 1 heterocycles. The van der Waals surface area contributed by atoms with Gasteiger partial charge in [-0.3, -0.25) is 0 Å². The van der Waals surface area contributed by atoms with Crippen molar-refractivity contribution >= 4 is 11.4 Å². The normalized spacial score (nSPS) is 29.1. The number of rotatable bonds is 1. The second-order valence-electron chi connectivity index (χ2n) is 5.46. The van der Waals surface area contributed by atoms with Gasteiger partial charge in [0.2, 0.25) is 0 Å². The summed E-state index contributed by atoms with van der Waals surface area (Å²) in [7, 11) is 0. The molecule has 0 fully saturated rings. The lowest BCUT2D eigenvalue weighted by molar-refractivity contribution is -0.547. The summed E-state index contributed by atoms with van der Waals surface area (Å²) < 4.78 is 6.40. The smallest absolute Gasteiger partial charge is 0.243 e. The van der Waals surface area contributed by atoms with Crippen LogP contribution in [-0.2, 0) is 10.0 Å². The molecule has 1 heteroatoms. The van der Waals surface area contributed by atoms with Crippen molar-refractivity contribution in [3.8, 4) is 0 Å². The highest BCUT2D eigenvalue weighted by molar-refractivity contribution is 5.93. The molecule has 4 rings (SSSR count). The zero-order chi connectivity index (χ0) is 13.6. The number of ketones is 1. The molecule has 0 N–H and O–H groups in total. The lowest BCUT2D eigenvalue weighted by Crippen LogP contribution is -2.27. The Balaban J connectivity index is 2.01. The van der Waals surface area contributed by atoms with Gasteiger partial charge in [0.15, 0.2) is 0 Å². The van der Waals surface area contributed by atoms with E-state index in [9.17, 15) is 0 Å². The van der Waals surface area contributed by atoms with Gasteiger partial charge in [-0.25, -0.2) is 4.42 Å². The maximum Gasteiger partial charge on any atom is 0.335 e. The number of hydrogen-bond acceptors (Lipinski definition) is 0. The van der Waals surface area contributed by atoms with Crippen LogP contribution in [0.5, 0.6) is 0 Å². The first kappa shape index (κ1) is 11.7. The number of carbonyl (C=O) groups excluding carboxylic acids is 1. The van der Waals surface area contributed by atoms with Crippen LogP contribution in [0.15, 0.2) is 66.8 Å². The van der Waals surface area contributed by atoms with Crippen molar-refractivity contribution < 1.29 is 4.42 Å². The predicted octanol–water partition coefficient (Wildman–Crippen LogP) is 4.11. The Bertz CT molecular complexity index is 715. The lowest BCUT2D eigenvalue weighted by atomic mass is 9.85. The van der Waals surface area contributed by atoms with Crippen LogP contribution in [0.2, 0.25) is 0 Å². The van der Waals surface area contributed by atoms with E-state index in [-0.39, 0.29) is 11.5 Å². The summed E-state index contributed by atoms with van der Waals surface area (Å²) in [6, 6.07) is 8.62. The highest BCUT2D eigenvalue weighted by atomic mass is 16.4. The van der Waals surface area contributed by atoms with Gasteiger partial charge < -0.3 is 0 Å². The highest BCUT2D eigenvalue weighted by Crippen LogP contribution is 2.53. The average Bonchev–Trinajstić information content (AvgIpc) is 2.92. The number of benzene rings is 1. The molecule has 2 unspecified atom stereocenters. The molecule has 0 saturated heterocycles. The molecule has 1 spiro atoms. The molecule has 0 aromatic heterocycles. The van der Waals surface area contributed by atoms with Gasteiger partial charge in [0, 0.05) is 12.2 Å². The molecular weight excluding hydrogens is 244 g/mol. The minimum atomic E-state index is -0.337. The minimum absolute atomic E-state index is 0.259. The molecule has 0 bridgehead atoms.